The summed E-state index contributed by atoms with van der Waals surface area (Å²) < 4.78 is 13.1. The van der Waals surface area contributed by atoms with Crippen molar-refractivity contribution < 1.29 is 4.39 Å². The number of rotatable bonds is 2. The molecule has 1 nitrogen and oxygen atoms in total. The van der Waals surface area contributed by atoms with Crippen molar-refractivity contribution in [1.82, 2.24) is 0 Å². The molecule has 1 aromatic rings. The second-order valence-corrected chi connectivity index (χ2v) is 4.58. The highest BCUT2D eigenvalue weighted by atomic mass is 35.5. The zero-order valence-electron chi connectivity index (χ0n) is 8.00. The quantitative estimate of drug-likeness (QED) is 0.803. The lowest BCUT2D eigenvalue weighted by atomic mass is 9.92. The van der Waals surface area contributed by atoms with Gasteiger partial charge in [-0.05, 0) is 18.1 Å². The topological polar surface area (TPSA) is 26.0 Å². The molecule has 1 fully saturated rings. The maximum atomic E-state index is 13.1. The summed E-state index contributed by atoms with van der Waals surface area (Å²) in [7, 11) is 0. The molecule has 3 heteroatoms. The lowest BCUT2D eigenvalue weighted by Gasteiger charge is -2.20. The Labute approximate surface area is 88.1 Å². The van der Waals surface area contributed by atoms with Gasteiger partial charge in [-0.3, -0.25) is 0 Å². The molecule has 3 unspecified atom stereocenters. The van der Waals surface area contributed by atoms with Crippen LogP contribution in [0.25, 0.3) is 0 Å². The van der Waals surface area contributed by atoms with Crippen LogP contribution in [0, 0.1) is 5.41 Å². The molecule has 0 bridgehead atoms. The predicted molar refractivity (Wildman–Crippen MR) is 56.0 cm³/mol. The van der Waals surface area contributed by atoms with Crippen LogP contribution >= 0.6 is 11.6 Å². The van der Waals surface area contributed by atoms with Crippen LogP contribution in [0.15, 0.2) is 24.3 Å². The van der Waals surface area contributed by atoms with Gasteiger partial charge in [-0.2, -0.15) is 0 Å². The largest absolute Gasteiger partial charge is 0.323 e. The zero-order chi connectivity index (χ0) is 10.3. The Hall–Kier alpha value is -0.600. The van der Waals surface area contributed by atoms with Crippen LogP contribution in [0.3, 0.4) is 0 Å². The third-order valence-electron chi connectivity index (χ3n) is 3.13. The van der Waals surface area contributed by atoms with Crippen LogP contribution < -0.4 is 5.73 Å². The highest BCUT2D eigenvalue weighted by molar-refractivity contribution is 6.31. The van der Waals surface area contributed by atoms with Crippen LogP contribution in [-0.4, -0.2) is 6.17 Å². The smallest absolute Gasteiger partial charge is 0.108 e. The number of alkyl halides is 1. The van der Waals surface area contributed by atoms with Crippen LogP contribution in [-0.2, 0) is 0 Å². The normalized spacial score (nSPS) is 32.7. The SMILES string of the molecule is CC1(C(N)c2ccccc2Cl)CC1F. The second-order valence-electron chi connectivity index (χ2n) is 4.18. The molecule has 0 saturated heterocycles. The lowest BCUT2D eigenvalue weighted by Crippen LogP contribution is -2.22. The molecule has 0 aromatic heterocycles. The molecule has 1 aliphatic rings. The second kappa shape index (κ2) is 3.21. The summed E-state index contributed by atoms with van der Waals surface area (Å²) in [6.07, 6.45) is -0.242. The summed E-state index contributed by atoms with van der Waals surface area (Å²) in [5, 5.41) is 0.625. The van der Waals surface area contributed by atoms with Gasteiger partial charge in [0.05, 0.1) is 0 Å². The average Bonchev–Trinajstić information content (AvgIpc) is 2.76. The fraction of sp³-hybridized carbons (Fsp3) is 0.455. The molecule has 76 valence electrons. The first-order chi connectivity index (χ1) is 6.55. The first kappa shape index (κ1) is 9.94. The number of benzene rings is 1. The van der Waals surface area contributed by atoms with Crippen molar-refractivity contribution >= 4 is 11.6 Å². The predicted octanol–water partition coefficient (Wildman–Crippen LogP) is 3.09. The summed E-state index contributed by atoms with van der Waals surface area (Å²) in [5.74, 6) is 0. The van der Waals surface area contributed by atoms with Crippen molar-refractivity contribution in [3.05, 3.63) is 34.9 Å². The standard InChI is InChI=1S/C11H13ClFN/c1-11(6-9(11)13)10(14)7-4-2-3-5-8(7)12/h2-5,9-10H,6,14H2,1H3. The van der Waals surface area contributed by atoms with E-state index in [9.17, 15) is 4.39 Å². The fourth-order valence-electron chi connectivity index (χ4n) is 1.73. The van der Waals surface area contributed by atoms with E-state index >= 15 is 0 Å². The van der Waals surface area contributed by atoms with E-state index in [1.54, 1.807) is 6.07 Å². The van der Waals surface area contributed by atoms with E-state index in [0.717, 1.165) is 5.56 Å². The summed E-state index contributed by atoms with van der Waals surface area (Å²) in [6.45, 7) is 1.87. The van der Waals surface area contributed by atoms with Crippen molar-refractivity contribution in [2.24, 2.45) is 11.1 Å². The Morgan fingerprint density at radius 1 is 1.57 bits per heavy atom. The first-order valence-electron chi connectivity index (χ1n) is 4.70. The van der Waals surface area contributed by atoms with Gasteiger partial charge in [-0.1, -0.05) is 36.7 Å². The Morgan fingerprint density at radius 3 is 2.64 bits per heavy atom. The van der Waals surface area contributed by atoms with Crippen molar-refractivity contribution in [3.63, 3.8) is 0 Å². The highest BCUT2D eigenvalue weighted by Gasteiger charge is 2.55. The van der Waals surface area contributed by atoms with Crippen molar-refractivity contribution in [1.29, 1.82) is 0 Å². The monoisotopic (exact) mass is 213 g/mol. The first-order valence-corrected chi connectivity index (χ1v) is 5.07. The van der Waals surface area contributed by atoms with E-state index in [2.05, 4.69) is 0 Å². The van der Waals surface area contributed by atoms with Crippen molar-refractivity contribution in [3.8, 4) is 0 Å². The van der Waals surface area contributed by atoms with Crippen molar-refractivity contribution in [2.45, 2.75) is 25.6 Å². The molecule has 1 aliphatic carbocycles. The molecule has 2 rings (SSSR count). The number of hydrogen-bond donors (Lipinski definition) is 1. The zero-order valence-corrected chi connectivity index (χ0v) is 8.76. The van der Waals surface area contributed by atoms with Gasteiger partial charge in [0.15, 0.2) is 0 Å². The van der Waals surface area contributed by atoms with Crippen LogP contribution in [0.4, 0.5) is 4.39 Å². The van der Waals surface area contributed by atoms with E-state index in [-0.39, 0.29) is 6.04 Å². The number of nitrogens with two attached hydrogens (primary N) is 1. The van der Waals surface area contributed by atoms with Crippen LogP contribution in [0.5, 0.6) is 0 Å². The van der Waals surface area contributed by atoms with Crippen LogP contribution in [0.1, 0.15) is 24.9 Å². The third-order valence-corrected chi connectivity index (χ3v) is 3.47. The van der Waals surface area contributed by atoms with Gasteiger partial charge in [-0.15, -0.1) is 0 Å². The number of halogens is 2. The van der Waals surface area contributed by atoms with E-state index in [1.807, 2.05) is 25.1 Å². The molecule has 3 atom stereocenters. The van der Waals surface area contributed by atoms with E-state index in [0.29, 0.717) is 11.4 Å². The Morgan fingerprint density at radius 2 is 2.14 bits per heavy atom. The highest BCUT2D eigenvalue weighted by Crippen LogP contribution is 2.56. The maximum Gasteiger partial charge on any atom is 0.108 e. The molecule has 0 aliphatic heterocycles. The molecular formula is C11H13ClFN. The van der Waals surface area contributed by atoms with Gasteiger partial charge in [0, 0.05) is 16.5 Å². The van der Waals surface area contributed by atoms with E-state index < -0.39 is 11.6 Å². The molecule has 1 saturated carbocycles. The summed E-state index contributed by atoms with van der Waals surface area (Å²) >= 11 is 6.00. The lowest BCUT2D eigenvalue weighted by molar-refractivity contribution is 0.332. The van der Waals surface area contributed by atoms with Gasteiger partial charge in [-0.25, -0.2) is 4.39 Å². The Balaban J connectivity index is 2.28. The summed E-state index contributed by atoms with van der Waals surface area (Å²) in [5.41, 5.74) is 6.43. The molecule has 0 heterocycles. The summed E-state index contributed by atoms with van der Waals surface area (Å²) in [4.78, 5) is 0. The van der Waals surface area contributed by atoms with Crippen molar-refractivity contribution in [2.75, 3.05) is 0 Å². The number of hydrogen-bond acceptors (Lipinski definition) is 1. The molecule has 2 N–H and O–H groups in total. The Bertz CT molecular complexity index is 355. The maximum absolute atomic E-state index is 13.1. The average molecular weight is 214 g/mol. The molecule has 1 aromatic carbocycles. The third kappa shape index (κ3) is 1.43. The van der Waals surface area contributed by atoms with Gasteiger partial charge in [0.2, 0.25) is 0 Å². The fourth-order valence-corrected chi connectivity index (χ4v) is 1.98. The summed E-state index contributed by atoms with van der Waals surface area (Å²) in [6, 6.07) is 7.07. The molecule has 14 heavy (non-hydrogen) atoms. The minimum Gasteiger partial charge on any atom is -0.323 e. The van der Waals surface area contributed by atoms with Gasteiger partial charge >= 0.3 is 0 Å². The van der Waals surface area contributed by atoms with E-state index in [1.165, 1.54) is 0 Å². The van der Waals surface area contributed by atoms with Gasteiger partial charge < -0.3 is 5.73 Å². The molecular weight excluding hydrogens is 201 g/mol. The Kier molecular flexibility index (Phi) is 2.28. The minimum atomic E-state index is -0.784. The van der Waals surface area contributed by atoms with Gasteiger partial charge in [0.1, 0.15) is 6.17 Å². The molecule has 0 radical (unpaired) electrons. The molecule has 0 amide bonds. The van der Waals surface area contributed by atoms with Gasteiger partial charge in [0.25, 0.3) is 0 Å². The van der Waals surface area contributed by atoms with Crippen LogP contribution in [0.2, 0.25) is 5.02 Å². The molecule has 0 spiro atoms. The van der Waals surface area contributed by atoms with E-state index in [4.69, 9.17) is 17.3 Å². The minimum absolute atomic E-state index is 0.300.